The Hall–Kier alpha value is -0.640. The monoisotopic (exact) mass is 330 g/mol. The molecule has 0 radical (unpaired) electrons. The van der Waals surface area contributed by atoms with Crippen molar-refractivity contribution in [2.24, 2.45) is 0 Å². The predicted octanol–water partition coefficient (Wildman–Crippen LogP) is 5.54. The molecule has 0 amide bonds. The summed E-state index contributed by atoms with van der Waals surface area (Å²) in [6.45, 7) is 3.03. The highest BCUT2D eigenvalue weighted by atomic mass is 79.9. The van der Waals surface area contributed by atoms with Gasteiger partial charge in [0.05, 0.1) is 0 Å². The predicted molar refractivity (Wildman–Crippen MR) is 83.0 cm³/mol. The summed E-state index contributed by atoms with van der Waals surface area (Å²) in [5.74, 6) is 0.0556. The van der Waals surface area contributed by atoms with Gasteiger partial charge in [-0.2, -0.15) is 0 Å². The molecule has 0 fully saturated rings. The standard InChI is InChI=1S/C15H24BrFN2/c1-2-3-4-5-6-7-8-9-10-18-15-14(17)11-13(16)12-19-15/h11-12H,2-10H2,1H3,(H,18,19). The number of hydrogen-bond donors (Lipinski definition) is 1. The van der Waals surface area contributed by atoms with Crippen LogP contribution < -0.4 is 5.32 Å². The minimum Gasteiger partial charge on any atom is -0.368 e. The van der Waals surface area contributed by atoms with Crippen LogP contribution in [0.2, 0.25) is 0 Å². The maximum Gasteiger partial charge on any atom is 0.166 e. The summed E-state index contributed by atoms with van der Waals surface area (Å²) in [4.78, 5) is 4.01. The number of nitrogens with one attached hydrogen (secondary N) is 1. The summed E-state index contributed by atoms with van der Waals surface area (Å²) in [6.07, 6.45) is 11.9. The Bertz CT molecular complexity index is 358. The second-order valence-electron chi connectivity index (χ2n) is 4.89. The summed E-state index contributed by atoms with van der Waals surface area (Å²) < 4.78 is 14.1. The van der Waals surface area contributed by atoms with E-state index in [0.29, 0.717) is 10.3 Å². The van der Waals surface area contributed by atoms with Crippen LogP contribution in [0.4, 0.5) is 10.2 Å². The zero-order valence-corrected chi connectivity index (χ0v) is 13.3. The van der Waals surface area contributed by atoms with E-state index in [1.54, 1.807) is 6.20 Å². The zero-order chi connectivity index (χ0) is 13.9. The second kappa shape index (κ2) is 10.2. The van der Waals surface area contributed by atoms with Crippen LogP contribution in [0, 0.1) is 5.82 Å². The van der Waals surface area contributed by atoms with Gasteiger partial charge in [0.15, 0.2) is 11.6 Å². The Morgan fingerprint density at radius 2 is 1.74 bits per heavy atom. The van der Waals surface area contributed by atoms with E-state index in [0.717, 1.165) is 13.0 Å². The summed E-state index contributed by atoms with van der Waals surface area (Å²) >= 11 is 3.19. The zero-order valence-electron chi connectivity index (χ0n) is 11.7. The van der Waals surface area contributed by atoms with Crippen LogP contribution in [0.15, 0.2) is 16.7 Å². The molecule has 0 aromatic carbocycles. The van der Waals surface area contributed by atoms with Gasteiger partial charge in [0, 0.05) is 17.2 Å². The molecule has 2 nitrogen and oxygen atoms in total. The molecule has 0 saturated carbocycles. The third-order valence-electron chi connectivity index (χ3n) is 3.13. The quantitative estimate of drug-likeness (QED) is 0.570. The lowest BCUT2D eigenvalue weighted by Gasteiger charge is -2.06. The van der Waals surface area contributed by atoms with Gasteiger partial charge in [-0.05, 0) is 28.4 Å². The molecule has 1 heterocycles. The van der Waals surface area contributed by atoms with E-state index in [1.165, 1.54) is 51.0 Å². The van der Waals surface area contributed by atoms with E-state index in [2.05, 4.69) is 33.2 Å². The van der Waals surface area contributed by atoms with E-state index >= 15 is 0 Å². The molecular weight excluding hydrogens is 307 g/mol. The average molecular weight is 331 g/mol. The highest BCUT2D eigenvalue weighted by Gasteiger charge is 2.02. The number of halogens is 2. The van der Waals surface area contributed by atoms with Gasteiger partial charge in [0.2, 0.25) is 0 Å². The van der Waals surface area contributed by atoms with Crippen molar-refractivity contribution in [3.63, 3.8) is 0 Å². The van der Waals surface area contributed by atoms with Gasteiger partial charge in [-0.1, -0.05) is 51.9 Å². The summed E-state index contributed by atoms with van der Waals surface area (Å²) in [5, 5.41) is 3.04. The van der Waals surface area contributed by atoms with Gasteiger partial charge in [0.25, 0.3) is 0 Å². The van der Waals surface area contributed by atoms with Crippen LogP contribution in [0.25, 0.3) is 0 Å². The maximum atomic E-state index is 13.4. The van der Waals surface area contributed by atoms with Crippen molar-refractivity contribution in [3.05, 3.63) is 22.6 Å². The second-order valence-corrected chi connectivity index (χ2v) is 5.80. The molecule has 0 aliphatic heterocycles. The fourth-order valence-corrected chi connectivity index (χ4v) is 2.31. The molecule has 0 spiro atoms. The minimum absolute atomic E-state index is 0.297. The Balaban J connectivity index is 2.01. The van der Waals surface area contributed by atoms with E-state index in [1.807, 2.05) is 0 Å². The van der Waals surface area contributed by atoms with Crippen molar-refractivity contribution in [1.29, 1.82) is 0 Å². The average Bonchev–Trinajstić information content (AvgIpc) is 2.39. The lowest BCUT2D eigenvalue weighted by Crippen LogP contribution is -2.05. The molecule has 1 aromatic rings. The number of unbranched alkanes of at least 4 members (excludes halogenated alkanes) is 7. The van der Waals surface area contributed by atoms with Gasteiger partial charge in [-0.15, -0.1) is 0 Å². The number of rotatable bonds is 10. The van der Waals surface area contributed by atoms with Gasteiger partial charge >= 0.3 is 0 Å². The van der Waals surface area contributed by atoms with Crippen LogP contribution in [-0.2, 0) is 0 Å². The third kappa shape index (κ3) is 7.51. The number of pyridine rings is 1. The first-order valence-electron chi connectivity index (χ1n) is 7.29. The smallest absolute Gasteiger partial charge is 0.166 e. The molecule has 0 bridgehead atoms. The van der Waals surface area contributed by atoms with Crippen LogP contribution in [-0.4, -0.2) is 11.5 Å². The van der Waals surface area contributed by atoms with Crippen LogP contribution >= 0.6 is 15.9 Å². The lowest BCUT2D eigenvalue weighted by atomic mass is 10.1. The molecule has 0 atom stereocenters. The van der Waals surface area contributed by atoms with Gasteiger partial charge < -0.3 is 5.32 Å². The van der Waals surface area contributed by atoms with Crippen molar-refractivity contribution < 1.29 is 4.39 Å². The van der Waals surface area contributed by atoms with Crippen LogP contribution in [0.3, 0.4) is 0 Å². The first-order valence-corrected chi connectivity index (χ1v) is 8.08. The summed E-state index contributed by atoms with van der Waals surface area (Å²) in [5.41, 5.74) is 0. The van der Waals surface area contributed by atoms with E-state index in [4.69, 9.17) is 0 Å². The number of anilines is 1. The van der Waals surface area contributed by atoms with Gasteiger partial charge in [0.1, 0.15) is 0 Å². The minimum atomic E-state index is -0.297. The Morgan fingerprint density at radius 1 is 1.11 bits per heavy atom. The summed E-state index contributed by atoms with van der Waals surface area (Å²) in [6, 6.07) is 1.43. The molecular formula is C15H24BrFN2. The Labute approximate surface area is 124 Å². The largest absolute Gasteiger partial charge is 0.368 e. The van der Waals surface area contributed by atoms with Crippen LogP contribution in [0.1, 0.15) is 58.3 Å². The highest BCUT2D eigenvalue weighted by Crippen LogP contribution is 2.16. The van der Waals surface area contributed by atoms with Gasteiger partial charge in [-0.3, -0.25) is 0 Å². The molecule has 19 heavy (non-hydrogen) atoms. The van der Waals surface area contributed by atoms with E-state index in [9.17, 15) is 4.39 Å². The lowest BCUT2D eigenvalue weighted by molar-refractivity contribution is 0.579. The molecule has 0 unspecified atom stereocenters. The fourth-order valence-electron chi connectivity index (χ4n) is 2.01. The van der Waals surface area contributed by atoms with Crippen molar-refractivity contribution in [2.45, 2.75) is 58.3 Å². The normalized spacial score (nSPS) is 10.7. The van der Waals surface area contributed by atoms with Crippen molar-refractivity contribution in [1.82, 2.24) is 4.98 Å². The van der Waals surface area contributed by atoms with Crippen molar-refractivity contribution in [3.8, 4) is 0 Å². The van der Waals surface area contributed by atoms with Gasteiger partial charge in [-0.25, -0.2) is 9.37 Å². The number of hydrogen-bond acceptors (Lipinski definition) is 2. The van der Waals surface area contributed by atoms with E-state index < -0.39 is 0 Å². The SMILES string of the molecule is CCCCCCCCCCNc1ncc(Br)cc1F. The Kier molecular flexibility index (Phi) is 8.80. The number of aromatic nitrogens is 1. The summed E-state index contributed by atoms with van der Waals surface area (Å²) in [7, 11) is 0. The molecule has 0 aliphatic carbocycles. The van der Waals surface area contributed by atoms with E-state index in [-0.39, 0.29) is 5.82 Å². The molecule has 1 rings (SSSR count). The first-order chi connectivity index (χ1) is 9.24. The van der Waals surface area contributed by atoms with Crippen molar-refractivity contribution >= 4 is 21.7 Å². The fraction of sp³-hybridized carbons (Fsp3) is 0.667. The first kappa shape index (κ1) is 16.4. The molecule has 1 N–H and O–H groups in total. The third-order valence-corrected chi connectivity index (χ3v) is 3.56. The highest BCUT2D eigenvalue weighted by molar-refractivity contribution is 9.10. The topological polar surface area (TPSA) is 24.9 Å². The number of nitrogens with zero attached hydrogens (tertiary/aromatic N) is 1. The molecule has 4 heteroatoms. The van der Waals surface area contributed by atoms with Crippen molar-refractivity contribution in [2.75, 3.05) is 11.9 Å². The Morgan fingerprint density at radius 3 is 2.37 bits per heavy atom. The maximum absolute atomic E-state index is 13.4. The molecule has 1 aromatic heterocycles. The molecule has 0 saturated heterocycles. The molecule has 108 valence electrons. The van der Waals surface area contributed by atoms with Crippen LogP contribution in [0.5, 0.6) is 0 Å². The molecule has 0 aliphatic rings.